The Hall–Kier alpha value is -1.83. The Kier molecular flexibility index (Phi) is 6.26. The summed E-state index contributed by atoms with van der Waals surface area (Å²) < 4.78 is 37.8. The molecule has 0 spiro atoms. The molecule has 1 N–H and O–H groups in total. The van der Waals surface area contributed by atoms with E-state index in [1.807, 2.05) is 0 Å². The lowest BCUT2D eigenvalue weighted by atomic mass is 10.2. The molecule has 9 heteroatoms. The third-order valence-electron chi connectivity index (χ3n) is 3.27. The molecule has 0 aliphatic carbocycles. The molecule has 1 amide bonds. The van der Waals surface area contributed by atoms with Gasteiger partial charge in [0.15, 0.2) is 0 Å². The van der Waals surface area contributed by atoms with Gasteiger partial charge in [0.2, 0.25) is 15.9 Å². The largest absolute Gasteiger partial charge is 0.350 e. The number of rotatable bonds is 6. The van der Waals surface area contributed by atoms with Gasteiger partial charge in [-0.3, -0.25) is 9.10 Å². The zero-order valence-electron chi connectivity index (χ0n) is 13.2. The zero-order chi connectivity index (χ0) is 18.6. The van der Waals surface area contributed by atoms with Crippen LogP contribution in [0.15, 0.2) is 42.5 Å². The number of carbonyl (C=O) groups excluding carboxylic acids is 1. The molecular weight excluding hydrogens is 390 g/mol. The molecular formula is C16H15Cl2FN2O3S. The average molecular weight is 405 g/mol. The van der Waals surface area contributed by atoms with Gasteiger partial charge in [0.05, 0.1) is 17.0 Å². The van der Waals surface area contributed by atoms with Crippen LogP contribution in [0.4, 0.5) is 10.1 Å². The first-order chi connectivity index (χ1) is 11.7. The summed E-state index contributed by atoms with van der Waals surface area (Å²) in [5.74, 6) is -0.906. The van der Waals surface area contributed by atoms with Crippen LogP contribution < -0.4 is 9.62 Å². The SMILES string of the molecule is CS(=O)(=O)N(CC(=O)NCc1ccc(F)cc1)c1ccc(Cl)cc1Cl. The Morgan fingerprint density at radius 3 is 2.36 bits per heavy atom. The van der Waals surface area contributed by atoms with Crippen LogP contribution in [0, 0.1) is 5.82 Å². The van der Waals surface area contributed by atoms with Gasteiger partial charge in [-0.15, -0.1) is 0 Å². The van der Waals surface area contributed by atoms with Crippen LogP contribution in [0.1, 0.15) is 5.56 Å². The molecule has 0 aliphatic heterocycles. The number of halogens is 3. The van der Waals surface area contributed by atoms with E-state index in [-0.39, 0.29) is 23.1 Å². The topological polar surface area (TPSA) is 66.5 Å². The maximum Gasteiger partial charge on any atom is 0.241 e. The first kappa shape index (κ1) is 19.5. The summed E-state index contributed by atoms with van der Waals surface area (Å²) >= 11 is 11.9. The van der Waals surface area contributed by atoms with Crippen molar-refractivity contribution >= 4 is 44.8 Å². The predicted octanol–water partition coefficient (Wildman–Crippen LogP) is 3.21. The van der Waals surface area contributed by atoms with Gasteiger partial charge in [-0.25, -0.2) is 12.8 Å². The van der Waals surface area contributed by atoms with Gasteiger partial charge in [-0.2, -0.15) is 0 Å². The number of nitrogens with zero attached hydrogens (tertiary/aromatic N) is 1. The molecule has 134 valence electrons. The van der Waals surface area contributed by atoms with Gasteiger partial charge < -0.3 is 5.32 Å². The predicted molar refractivity (Wildman–Crippen MR) is 96.9 cm³/mol. The average Bonchev–Trinajstić information content (AvgIpc) is 2.52. The molecule has 2 rings (SSSR count). The fourth-order valence-electron chi connectivity index (χ4n) is 2.05. The number of hydrogen-bond acceptors (Lipinski definition) is 3. The van der Waals surface area contributed by atoms with Crippen molar-refractivity contribution in [2.75, 3.05) is 17.1 Å². The van der Waals surface area contributed by atoms with Gasteiger partial charge in [-0.1, -0.05) is 35.3 Å². The van der Waals surface area contributed by atoms with Crippen LogP contribution in [-0.4, -0.2) is 27.1 Å². The summed E-state index contributed by atoms with van der Waals surface area (Å²) in [5.41, 5.74) is 0.843. The third kappa shape index (κ3) is 5.59. The Labute approximate surface area is 155 Å². The van der Waals surface area contributed by atoms with Crippen molar-refractivity contribution in [1.82, 2.24) is 5.32 Å². The fourth-order valence-corrected chi connectivity index (χ4v) is 3.48. The van der Waals surface area contributed by atoms with E-state index in [9.17, 15) is 17.6 Å². The second-order valence-electron chi connectivity index (χ2n) is 5.27. The highest BCUT2D eigenvalue weighted by molar-refractivity contribution is 7.92. The molecule has 5 nitrogen and oxygen atoms in total. The van der Waals surface area contributed by atoms with Gasteiger partial charge in [0, 0.05) is 11.6 Å². The molecule has 0 fully saturated rings. The number of carbonyl (C=O) groups is 1. The summed E-state index contributed by atoms with van der Waals surface area (Å²) in [6, 6.07) is 9.92. The van der Waals surface area contributed by atoms with Crippen LogP contribution in [0.5, 0.6) is 0 Å². The summed E-state index contributed by atoms with van der Waals surface area (Å²) in [5, 5.41) is 3.05. The van der Waals surface area contributed by atoms with Crippen LogP contribution >= 0.6 is 23.2 Å². The lowest BCUT2D eigenvalue weighted by molar-refractivity contribution is -0.119. The van der Waals surface area contributed by atoms with E-state index in [0.717, 1.165) is 10.6 Å². The lowest BCUT2D eigenvalue weighted by Gasteiger charge is -2.23. The minimum absolute atomic E-state index is 0.115. The van der Waals surface area contributed by atoms with Crippen molar-refractivity contribution in [1.29, 1.82) is 0 Å². The Bertz CT molecular complexity index is 873. The lowest BCUT2D eigenvalue weighted by Crippen LogP contribution is -2.40. The van der Waals surface area contributed by atoms with Crippen LogP contribution in [0.25, 0.3) is 0 Å². The number of benzene rings is 2. The van der Waals surface area contributed by atoms with E-state index < -0.39 is 22.5 Å². The van der Waals surface area contributed by atoms with Gasteiger partial charge >= 0.3 is 0 Å². The fraction of sp³-hybridized carbons (Fsp3) is 0.188. The standard InChI is InChI=1S/C16H15Cl2FN2O3S/c1-25(23,24)21(15-7-4-12(17)8-14(15)18)10-16(22)20-9-11-2-5-13(19)6-3-11/h2-8H,9-10H2,1H3,(H,20,22). The molecule has 0 unspecified atom stereocenters. The van der Waals surface area contributed by atoms with Crippen LogP contribution in [0.2, 0.25) is 10.0 Å². The summed E-state index contributed by atoms with van der Waals surface area (Å²) in [4.78, 5) is 12.1. The quantitative estimate of drug-likeness (QED) is 0.803. The maximum atomic E-state index is 12.9. The summed E-state index contributed by atoms with van der Waals surface area (Å²) in [6.07, 6.45) is 0.977. The Morgan fingerprint density at radius 2 is 1.80 bits per heavy atom. The molecule has 0 aromatic heterocycles. The summed E-state index contributed by atoms with van der Waals surface area (Å²) in [7, 11) is -3.74. The number of sulfonamides is 1. The first-order valence-electron chi connectivity index (χ1n) is 7.11. The molecule has 0 bridgehead atoms. The van der Waals surface area contributed by atoms with Crippen molar-refractivity contribution in [2.45, 2.75) is 6.54 Å². The molecule has 25 heavy (non-hydrogen) atoms. The molecule has 0 heterocycles. The van der Waals surface area contributed by atoms with Crippen molar-refractivity contribution < 1.29 is 17.6 Å². The third-order valence-corrected chi connectivity index (χ3v) is 4.93. The Morgan fingerprint density at radius 1 is 1.16 bits per heavy atom. The molecule has 0 atom stereocenters. The van der Waals surface area contributed by atoms with E-state index in [1.54, 1.807) is 0 Å². The van der Waals surface area contributed by atoms with E-state index in [2.05, 4.69) is 5.32 Å². The minimum atomic E-state index is -3.74. The highest BCUT2D eigenvalue weighted by atomic mass is 35.5. The summed E-state index contributed by atoms with van der Waals surface area (Å²) in [6.45, 7) is -0.299. The minimum Gasteiger partial charge on any atom is -0.350 e. The zero-order valence-corrected chi connectivity index (χ0v) is 15.5. The molecule has 2 aromatic rings. The van der Waals surface area contributed by atoms with Gasteiger partial charge in [0.1, 0.15) is 12.4 Å². The number of amides is 1. The number of anilines is 1. The Balaban J connectivity index is 2.11. The number of hydrogen-bond donors (Lipinski definition) is 1. The van der Waals surface area contributed by atoms with E-state index in [1.165, 1.54) is 42.5 Å². The van der Waals surface area contributed by atoms with Gasteiger partial charge in [0.25, 0.3) is 0 Å². The highest BCUT2D eigenvalue weighted by Crippen LogP contribution is 2.30. The monoisotopic (exact) mass is 404 g/mol. The molecule has 0 saturated heterocycles. The second kappa shape index (κ2) is 8.03. The second-order valence-corrected chi connectivity index (χ2v) is 8.02. The highest BCUT2D eigenvalue weighted by Gasteiger charge is 2.23. The molecule has 0 aliphatic rings. The molecule has 2 aromatic carbocycles. The first-order valence-corrected chi connectivity index (χ1v) is 9.71. The molecule has 0 radical (unpaired) electrons. The van der Waals surface area contributed by atoms with Crippen LogP contribution in [0.3, 0.4) is 0 Å². The smallest absolute Gasteiger partial charge is 0.241 e. The van der Waals surface area contributed by atoms with E-state index >= 15 is 0 Å². The normalized spacial score (nSPS) is 11.2. The van der Waals surface area contributed by atoms with Crippen molar-refractivity contribution in [3.05, 3.63) is 63.9 Å². The van der Waals surface area contributed by atoms with Crippen molar-refractivity contribution in [2.24, 2.45) is 0 Å². The molecule has 0 saturated carbocycles. The van der Waals surface area contributed by atoms with Gasteiger partial charge in [-0.05, 0) is 35.9 Å². The van der Waals surface area contributed by atoms with E-state index in [0.29, 0.717) is 10.6 Å². The van der Waals surface area contributed by atoms with Crippen molar-refractivity contribution in [3.8, 4) is 0 Å². The maximum absolute atomic E-state index is 12.9. The van der Waals surface area contributed by atoms with Crippen molar-refractivity contribution in [3.63, 3.8) is 0 Å². The van der Waals surface area contributed by atoms with E-state index in [4.69, 9.17) is 23.2 Å². The van der Waals surface area contributed by atoms with Crippen LogP contribution in [-0.2, 0) is 21.4 Å². The number of nitrogens with one attached hydrogen (secondary N) is 1.